The summed E-state index contributed by atoms with van der Waals surface area (Å²) in [6, 6.07) is 11.0. The van der Waals surface area contributed by atoms with Crippen molar-refractivity contribution in [2.75, 3.05) is 5.32 Å². The van der Waals surface area contributed by atoms with E-state index >= 15 is 0 Å². The van der Waals surface area contributed by atoms with Crippen LogP contribution in [0.4, 0.5) is 11.6 Å². The van der Waals surface area contributed by atoms with Crippen molar-refractivity contribution >= 4 is 40.0 Å². The number of nitrogens with one attached hydrogen (secondary N) is 1. The van der Waals surface area contributed by atoms with E-state index in [-0.39, 0.29) is 11.6 Å². The number of anilines is 1. The highest BCUT2D eigenvalue weighted by atomic mass is 35.5. The molecular formula is C22H18ClN7O. The van der Waals surface area contributed by atoms with Gasteiger partial charge in [-0.05, 0) is 43.2 Å². The molecule has 1 aliphatic rings. The molecule has 0 unspecified atom stereocenters. The standard InChI is InChI=1S/C22H18ClN7O/c23-18-12-27-20(13-25-18)29-16-5-4-15(10-16)28-19-7-6-17(11-26-19)30-21(31)8-3-14-2-1-9-24-22(14)30/h1-3,6-9,11-13,16H,4-5,10H2,(H,27,29)/t16-/m0/s1. The number of rotatable bonds is 4. The lowest BCUT2D eigenvalue weighted by Gasteiger charge is -2.11. The van der Waals surface area contributed by atoms with Gasteiger partial charge in [0.1, 0.15) is 16.6 Å². The maximum Gasteiger partial charge on any atom is 0.256 e. The number of hydrogen-bond donors (Lipinski definition) is 1. The van der Waals surface area contributed by atoms with Crippen LogP contribution in [0.2, 0.25) is 5.15 Å². The highest BCUT2D eigenvalue weighted by molar-refractivity contribution is 6.29. The van der Waals surface area contributed by atoms with Gasteiger partial charge in [-0.1, -0.05) is 11.6 Å². The Kier molecular flexibility index (Phi) is 5.13. The summed E-state index contributed by atoms with van der Waals surface area (Å²) < 4.78 is 1.56. The summed E-state index contributed by atoms with van der Waals surface area (Å²) in [4.78, 5) is 34.2. The van der Waals surface area contributed by atoms with E-state index < -0.39 is 0 Å². The van der Waals surface area contributed by atoms with Gasteiger partial charge in [0.25, 0.3) is 5.56 Å². The Balaban J connectivity index is 1.33. The van der Waals surface area contributed by atoms with Crippen LogP contribution in [0.1, 0.15) is 19.3 Å². The van der Waals surface area contributed by atoms with E-state index in [9.17, 15) is 4.79 Å². The van der Waals surface area contributed by atoms with Crippen LogP contribution in [0, 0.1) is 0 Å². The maximum atomic E-state index is 12.4. The normalized spacial score (nSPS) is 17.3. The number of nitrogens with zero attached hydrogens (tertiary/aromatic N) is 6. The van der Waals surface area contributed by atoms with Gasteiger partial charge in [0.15, 0.2) is 5.82 Å². The molecule has 1 N–H and O–H groups in total. The van der Waals surface area contributed by atoms with Gasteiger partial charge in [0.05, 0.1) is 24.3 Å². The molecule has 154 valence electrons. The maximum absolute atomic E-state index is 12.4. The first-order valence-electron chi connectivity index (χ1n) is 9.89. The number of hydrogen-bond acceptors (Lipinski definition) is 7. The van der Waals surface area contributed by atoms with E-state index in [1.54, 1.807) is 29.2 Å². The minimum Gasteiger partial charge on any atom is -0.366 e. The SMILES string of the molecule is O=c1ccc2cccnc2n1-c1ccc(N=C2CC[C@H](Nc3cnc(Cl)cn3)C2)nc1. The molecule has 4 aromatic rings. The molecule has 1 aliphatic carbocycles. The largest absolute Gasteiger partial charge is 0.366 e. The van der Waals surface area contributed by atoms with Crippen LogP contribution >= 0.6 is 11.6 Å². The minimum atomic E-state index is -0.151. The smallest absolute Gasteiger partial charge is 0.256 e. The Morgan fingerprint density at radius 1 is 1.03 bits per heavy atom. The molecule has 1 fully saturated rings. The number of aromatic nitrogens is 5. The molecule has 0 aliphatic heterocycles. The first-order valence-corrected chi connectivity index (χ1v) is 10.3. The molecule has 0 bridgehead atoms. The van der Waals surface area contributed by atoms with Crippen LogP contribution in [0.5, 0.6) is 0 Å². The molecule has 9 heteroatoms. The lowest BCUT2D eigenvalue weighted by atomic mass is 10.2. The average molecular weight is 432 g/mol. The quantitative estimate of drug-likeness (QED) is 0.525. The summed E-state index contributed by atoms with van der Waals surface area (Å²) in [6.07, 6.45) is 9.13. The molecule has 0 saturated heterocycles. The second-order valence-corrected chi connectivity index (χ2v) is 7.67. The summed E-state index contributed by atoms with van der Waals surface area (Å²) in [5.41, 5.74) is 2.18. The van der Waals surface area contributed by atoms with Crippen LogP contribution in [0.15, 0.2) is 71.0 Å². The minimum absolute atomic E-state index is 0.151. The van der Waals surface area contributed by atoms with Crippen molar-refractivity contribution in [1.29, 1.82) is 0 Å². The monoisotopic (exact) mass is 431 g/mol. The highest BCUT2D eigenvalue weighted by Gasteiger charge is 2.21. The number of halogens is 1. The van der Waals surface area contributed by atoms with E-state index in [2.05, 4.69) is 30.2 Å². The third-order valence-electron chi connectivity index (χ3n) is 5.15. The topological polar surface area (TPSA) is 98.0 Å². The van der Waals surface area contributed by atoms with Gasteiger partial charge in [-0.25, -0.2) is 24.9 Å². The summed E-state index contributed by atoms with van der Waals surface area (Å²) in [6.45, 7) is 0. The molecule has 31 heavy (non-hydrogen) atoms. The first-order chi connectivity index (χ1) is 15.2. The molecule has 1 atom stereocenters. The van der Waals surface area contributed by atoms with Crippen molar-refractivity contribution in [3.63, 3.8) is 0 Å². The molecule has 0 amide bonds. The van der Waals surface area contributed by atoms with Gasteiger partial charge in [-0.15, -0.1) is 0 Å². The highest BCUT2D eigenvalue weighted by Crippen LogP contribution is 2.23. The van der Waals surface area contributed by atoms with Crippen molar-refractivity contribution in [3.05, 3.63) is 76.7 Å². The Bertz CT molecular complexity index is 1320. The molecule has 4 heterocycles. The zero-order valence-electron chi connectivity index (χ0n) is 16.4. The Labute approximate surface area is 182 Å². The molecule has 4 aromatic heterocycles. The molecule has 0 radical (unpaired) electrons. The van der Waals surface area contributed by atoms with Gasteiger partial charge in [-0.3, -0.25) is 9.36 Å². The second kappa shape index (κ2) is 8.23. The number of fused-ring (bicyclic) bond motifs is 1. The summed E-state index contributed by atoms with van der Waals surface area (Å²) in [7, 11) is 0. The Morgan fingerprint density at radius 3 is 2.77 bits per heavy atom. The van der Waals surface area contributed by atoms with Gasteiger partial charge in [0, 0.05) is 35.8 Å². The number of aliphatic imine (C=N–C) groups is 1. The third-order valence-corrected chi connectivity index (χ3v) is 5.35. The fraction of sp³-hybridized carbons (Fsp3) is 0.182. The zero-order chi connectivity index (χ0) is 21.2. The predicted octanol–water partition coefficient (Wildman–Crippen LogP) is 3.96. The van der Waals surface area contributed by atoms with Crippen LogP contribution < -0.4 is 10.9 Å². The second-order valence-electron chi connectivity index (χ2n) is 7.28. The van der Waals surface area contributed by atoms with Crippen LogP contribution in [-0.2, 0) is 0 Å². The predicted molar refractivity (Wildman–Crippen MR) is 121 cm³/mol. The van der Waals surface area contributed by atoms with Crippen molar-refractivity contribution in [1.82, 2.24) is 24.5 Å². The lowest BCUT2D eigenvalue weighted by Crippen LogP contribution is -2.18. The van der Waals surface area contributed by atoms with E-state index in [1.807, 2.05) is 24.3 Å². The van der Waals surface area contributed by atoms with Crippen LogP contribution in [0.25, 0.3) is 16.7 Å². The molecule has 1 saturated carbocycles. The first kappa shape index (κ1) is 19.3. The van der Waals surface area contributed by atoms with Gasteiger partial charge >= 0.3 is 0 Å². The van der Waals surface area contributed by atoms with Crippen molar-refractivity contribution in [2.45, 2.75) is 25.3 Å². The Morgan fingerprint density at radius 2 is 1.97 bits per heavy atom. The molecular weight excluding hydrogens is 414 g/mol. The third kappa shape index (κ3) is 4.15. The average Bonchev–Trinajstić information content (AvgIpc) is 3.23. The molecule has 8 nitrogen and oxygen atoms in total. The molecule has 5 rings (SSSR count). The molecule has 0 aromatic carbocycles. The van der Waals surface area contributed by atoms with Crippen LogP contribution in [-0.4, -0.2) is 36.3 Å². The van der Waals surface area contributed by atoms with Crippen molar-refractivity contribution in [2.24, 2.45) is 4.99 Å². The van der Waals surface area contributed by atoms with E-state index in [0.29, 0.717) is 28.1 Å². The Hall–Kier alpha value is -3.65. The van der Waals surface area contributed by atoms with Crippen LogP contribution in [0.3, 0.4) is 0 Å². The van der Waals surface area contributed by atoms with Crippen molar-refractivity contribution in [3.8, 4) is 5.69 Å². The van der Waals surface area contributed by atoms with E-state index in [1.165, 1.54) is 12.3 Å². The van der Waals surface area contributed by atoms with Crippen molar-refractivity contribution < 1.29 is 0 Å². The fourth-order valence-corrected chi connectivity index (χ4v) is 3.80. The van der Waals surface area contributed by atoms with E-state index in [4.69, 9.17) is 11.6 Å². The summed E-state index contributed by atoms with van der Waals surface area (Å²) in [5, 5.41) is 4.62. The lowest BCUT2D eigenvalue weighted by molar-refractivity contribution is 0.757. The number of pyridine rings is 3. The summed E-state index contributed by atoms with van der Waals surface area (Å²) >= 11 is 5.78. The molecule has 0 spiro atoms. The van der Waals surface area contributed by atoms with Gasteiger partial charge < -0.3 is 5.32 Å². The fourth-order valence-electron chi connectivity index (χ4n) is 3.70. The zero-order valence-corrected chi connectivity index (χ0v) is 17.2. The van der Waals surface area contributed by atoms with E-state index in [0.717, 1.165) is 30.4 Å². The summed E-state index contributed by atoms with van der Waals surface area (Å²) in [5.74, 6) is 1.32. The van der Waals surface area contributed by atoms with Gasteiger partial charge in [-0.2, -0.15) is 0 Å². The van der Waals surface area contributed by atoms with Gasteiger partial charge in [0.2, 0.25) is 0 Å².